The zero-order chi connectivity index (χ0) is 18.0. The third-order valence-electron chi connectivity index (χ3n) is 5.46. The molecule has 2 saturated heterocycles. The topological polar surface area (TPSA) is 36.9 Å². The van der Waals surface area contributed by atoms with Crippen LogP contribution in [0.15, 0.2) is 48.5 Å². The van der Waals surface area contributed by atoms with Gasteiger partial charge in [-0.25, -0.2) is 0 Å². The SMILES string of the molecule is CCC1(Oc2ccc(-c3ccc(OC4(CC)COC4)cc3)cc2)COC1. The highest BCUT2D eigenvalue weighted by atomic mass is 16.6. The van der Waals surface area contributed by atoms with Crippen LogP contribution in [0.1, 0.15) is 26.7 Å². The molecule has 4 nitrogen and oxygen atoms in total. The van der Waals surface area contributed by atoms with Gasteiger partial charge < -0.3 is 18.9 Å². The van der Waals surface area contributed by atoms with Gasteiger partial charge in [-0.15, -0.1) is 0 Å². The summed E-state index contributed by atoms with van der Waals surface area (Å²) in [4.78, 5) is 0. The molecule has 0 spiro atoms. The van der Waals surface area contributed by atoms with E-state index >= 15 is 0 Å². The molecule has 26 heavy (non-hydrogen) atoms. The summed E-state index contributed by atoms with van der Waals surface area (Å²) in [5.74, 6) is 1.79. The van der Waals surface area contributed by atoms with Gasteiger partial charge in [-0.1, -0.05) is 38.1 Å². The van der Waals surface area contributed by atoms with Crippen molar-refractivity contribution in [3.05, 3.63) is 48.5 Å². The van der Waals surface area contributed by atoms with Crippen LogP contribution in [0.4, 0.5) is 0 Å². The van der Waals surface area contributed by atoms with E-state index in [-0.39, 0.29) is 11.2 Å². The molecule has 0 aliphatic carbocycles. The van der Waals surface area contributed by atoms with Crippen molar-refractivity contribution in [2.24, 2.45) is 0 Å². The molecule has 2 aliphatic rings. The zero-order valence-corrected chi connectivity index (χ0v) is 15.5. The Morgan fingerprint density at radius 3 is 1.23 bits per heavy atom. The molecule has 2 heterocycles. The van der Waals surface area contributed by atoms with Crippen molar-refractivity contribution >= 4 is 0 Å². The van der Waals surface area contributed by atoms with Crippen LogP contribution in [0.3, 0.4) is 0 Å². The Morgan fingerprint density at radius 1 is 0.654 bits per heavy atom. The Morgan fingerprint density at radius 2 is 1.00 bits per heavy atom. The van der Waals surface area contributed by atoms with Gasteiger partial charge in [-0.2, -0.15) is 0 Å². The van der Waals surface area contributed by atoms with Gasteiger partial charge in [-0.05, 0) is 48.2 Å². The Kier molecular flexibility index (Phi) is 4.63. The molecule has 0 saturated carbocycles. The standard InChI is InChI=1S/C22H26O4/c1-3-21(13-23-14-21)25-19-9-5-17(6-10-19)18-7-11-20(12-8-18)26-22(4-2)15-24-16-22/h5-12H,3-4,13-16H2,1-2H3. The molecule has 0 unspecified atom stereocenters. The summed E-state index contributed by atoms with van der Waals surface area (Å²) in [6.07, 6.45) is 1.92. The van der Waals surface area contributed by atoms with E-state index in [0.717, 1.165) is 35.5 Å². The van der Waals surface area contributed by atoms with Crippen molar-refractivity contribution < 1.29 is 18.9 Å². The molecule has 2 aliphatic heterocycles. The lowest BCUT2D eigenvalue weighted by Gasteiger charge is -2.40. The molecule has 138 valence electrons. The first-order valence-corrected chi connectivity index (χ1v) is 9.40. The van der Waals surface area contributed by atoms with E-state index < -0.39 is 0 Å². The van der Waals surface area contributed by atoms with Crippen molar-refractivity contribution in [3.8, 4) is 22.6 Å². The number of hydrogen-bond donors (Lipinski definition) is 0. The van der Waals surface area contributed by atoms with Gasteiger partial charge >= 0.3 is 0 Å². The molecule has 0 radical (unpaired) electrons. The van der Waals surface area contributed by atoms with Crippen molar-refractivity contribution in [1.82, 2.24) is 0 Å². The highest BCUT2D eigenvalue weighted by Crippen LogP contribution is 2.32. The fraction of sp³-hybridized carbons (Fsp3) is 0.455. The van der Waals surface area contributed by atoms with E-state index in [2.05, 4.69) is 38.1 Å². The molecule has 4 rings (SSSR count). The molecule has 0 bridgehead atoms. The van der Waals surface area contributed by atoms with E-state index in [1.165, 1.54) is 0 Å². The lowest BCUT2D eigenvalue weighted by atomic mass is 9.98. The predicted molar refractivity (Wildman–Crippen MR) is 101 cm³/mol. The van der Waals surface area contributed by atoms with Crippen LogP contribution in [-0.4, -0.2) is 37.6 Å². The van der Waals surface area contributed by atoms with Gasteiger partial charge in [0, 0.05) is 0 Å². The lowest BCUT2D eigenvalue weighted by Crippen LogP contribution is -2.53. The summed E-state index contributed by atoms with van der Waals surface area (Å²) in [6.45, 7) is 6.99. The predicted octanol–water partition coefficient (Wildman–Crippen LogP) is 4.47. The largest absolute Gasteiger partial charge is 0.482 e. The second-order valence-electron chi connectivity index (χ2n) is 7.31. The van der Waals surface area contributed by atoms with Gasteiger partial charge in [0.25, 0.3) is 0 Å². The molecule has 0 atom stereocenters. The van der Waals surface area contributed by atoms with Crippen molar-refractivity contribution in [3.63, 3.8) is 0 Å². The zero-order valence-electron chi connectivity index (χ0n) is 15.5. The van der Waals surface area contributed by atoms with Crippen LogP contribution >= 0.6 is 0 Å². The van der Waals surface area contributed by atoms with Crippen LogP contribution in [0.5, 0.6) is 11.5 Å². The quantitative estimate of drug-likeness (QED) is 0.735. The summed E-state index contributed by atoms with van der Waals surface area (Å²) in [5, 5.41) is 0. The molecule has 0 N–H and O–H groups in total. The fourth-order valence-electron chi connectivity index (χ4n) is 3.26. The van der Waals surface area contributed by atoms with Crippen molar-refractivity contribution in [1.29, 1.82) is 0 Å². The summed E-state index contributed by atoms with van der Waals surface area (Å²) < 4.78 is 22.9. The Hall–Kier alpha value is -2.04. The first kappa shape index (κ1) is 17.4. The van der Waals surface area contributed by atoms with Gasteiger partial charge in [0.15, 0.2) is 11.2 Å². The van der Waals surface area contributed by atoms with E-state index in [1.54, 1.807) is 0 Å². The first-order chi connectivity index (χ1) is 12.7. The maximum Gasteiger partial charge on any atom is 0.155 e. The second-order valence-corrected chi connectivity index (χ2v) is 7.31. The first-order valence-electron chi connectivity index (χ1n) is 9.40. The second kappa shape index (κ2) is 6.93. The molecule has 0 amide bonds. The molecule has 2 aromatic carbocycles. The molecule has 2 fully saturated rings. The summed E-state index contributed by atoms with van der Waals surface area (Å²) in [6, 6.07) is 16.5. The normalized spacial score (nSPS) is 19.9. The fourth-order valence-corrected chi connectivity index (χ4v) is 3.26. The van der Waals surface area contributed by atoms with E-state index in [4.69, 9.17) is 18.9 Å². The Labute approximate surface area is 155 Å². The molecule has 4 heteroatoms. The average Bonchev–Trinajstić information content (AvgIpc) is 2.62. The monoisotopic (exact) mass is 354 g/mol. The van der Waals surface area contributed by atoms with Crippen LogP contribution < -0.4 is 9.47 Å². The van der Waals surface area contributed by atoms with Crippen molar-refractivity contribution in [2.75, 3.05) is 26.4 Å². The average molecular weight is 354 g/mol. The number of benzene rings is 2. The van der Waals surface area contributed by atoms with Crippen LogP contribution in [0, 0.1) is 0 Å². The summed E-state index contributed by atoms with van der Waals surface area (Å²) >= 11 is 0. The van der Waals surface area contributed by atoms with Gasteiger partial charge in [0.05, 0.1) is 26.4 Å². The van der Waals surface area contributed by atoms with Crippen LogP contribution in [0.2, 0.25) is 0 Å². The highest BCUT2D eigenvalue weighted by molar-refractivity contribution is 5.65. The molecule has 0 aromatic heterocycles. The minimum atomic E-state index is -0.138. The third kappa shape index (κ3) is 3.31. The summed E-state index contributed by atoms with van der Waals surface area (Å²) in [5.41, 5.74) is 2.05. The number of rotatable bonds is 7. The minimum Gasteiger partial charge on any atom is -0.482 e. The Balaban J connectivity index is 1.42. The smallest absolute Gasteiger partial charge is 0.155 e. The maximum absolute atomic E-state index is 6.13. The van der Waals surface area contributed by atoms with Crippen LogP contribution in [0.25, 0.3) is 11.1 Å². The molecule has 2 aromatic rings. The molecular formula is C22H26O4. The third-order valence-corrected chi connectivity index (χ3v) is 5.46. The maximum atomic E-state index is 6.13. The van der Waals surface area contributed by atoms with E-state index in [1.807, 2.05) is 24.3 Å². The van der Waals surface area contributed by atoms with E-state index in [9.17, 15) is 0 Å². The Bertz CT molecular complexity index is 651. The number of hydrogen-bond acceptors (Lipinski definition) is 4. The van der Waals surface area contributed by atoms with Gasteiger partial charge in [0.1, 0.15) is 11.5 Å². The minimum absolute atomic E-state index is 0.138. The summed E-state index contributed by atoms with van der Waals surface area (Å²) in [7, 11) is 0. The van der Waals surface area contributed by atoms with Crippen molar-refractivity contribution in [2.45, 2.75) is 37.9 Å². The highest BCUT2D eigenvalue weighted by Gasteiger charge is 2.40. The van der Waals surface area contributed by atoms with E-state index in [0.29, 0.717) is 26.4 Å². The molecular weight excluding hydrogens is 328 g/mol. The van der Waals surface area contributed by atoms with Gasteiger partial charge in [0.2, 0.25) is 0 Å². The lowest BCUT2D eigenvalue weighted by molar-refractivity contribution is -0.162. The van der Waals surface area contributed by atoms with Gasteiger partial charge in [-0.3, -0.25) is 0 Å². The van der Waals surface area contributed by atoms with Crippen LogP contribution in [-0.2, 0) is 9.47 Å². The number of ether oxygens (including phenoxy) is 4.